The lowest BCUT2D eigenvalue weighted by atomic mass is 10.0. The highest BCUT2D eigenvalue weighted by atomic mass is 32.2. The third-order valence-electron chi connectivity index (χ3n) is 6.03. The first-order valence-electron chi connectivity index (χ1n) is 12.0. The molecule has 0 fully saturated rings. The number of amides is 2. The van der Waals surface area contributed by atoms with Crippen LogP contribution in [0.3, 0.4) is 0 Å². The highest BCUT2D eigenvalue weighted by Crippen LogP contribution is 2.24. The molecule has 2 amide bonds. The smallest absolute Gasteiger partial charge is 0.244 e. The molecule has 0 radical (unpaired) electrons. The molecule has 3 aromatic rings. The standard InChI is InChI=1S/C28H33N3O6S/c1-29-28(33)26(17-21-10-6-5-7-11-21)30(19-22-12-8-14-24(16-22)36-2)27(32)20-31(38(4,34)35)23-13-9-15-25(18-23)37-3/h5-16,18,26H,17,19-20H2,1-4H3,(H,29,33). The number of methoxy groups -OCH3 is 2. The van der Waals surface area contributed by atoms with Crippen LogP contribution in [-0.4, -0.2) is 65.2 Å². The predicted octanol–water partition coefficient (Wildman–Crippen LogP) is 2.86. The van der Waals surface area contributed by atoms with Crippen molar-refractivity contribution in [3.8, 4) is 11.5 Å². The van der Waals surface area contributed by atoms with Crippen LogP contribution in [0.5, 0.6) is 11.5 Å². The zero-order chi connectivity index (χ0) is 27.7. The van der Waals surface area contributed by atoms with E-state index in [0.29, 0.717) is 11.5 Å². The van der Waals surface area contributed by atoms with Crippen molar-refractivity contribution in [1.29, 1.82) is 0 Å². The molecule has 0 aliphatic rings. The number of likely N-dealkylation sites (N-methyl/N-ethyl adjacent to an activating group) is 1. The highest BCUT2D eigenvalue weighted by molar-refractivity contribution is 7.92. The molecule has 38 heavy (non-hydrogen) atoms. The number of nitrogens with zero attached hydrogens (tertiary/aromatic N) is 2. The van der Waals surface area contributed by atoms with Gasteiger partial charge < -0.3 is 19.7 Å². The van der Waals surface area contributed by atoms with Crippen LogP contribution in [0.4, 0.5) is 5.69 Å². The van der Waals surface area contributed by atoms with Crippen LogP contribution in [0.15, 0.2) is 78.9 Å². The summed E-state index contributed by atoms with van der Waals surface area (Å²) in [5.41, 5.74) is 1.87. The molecule has 3 rings (SSSR count). The van der Waals surface area contributed by atoms with Gasteiger partial charge in [0.1, 0.15) is 24.1 Å². The fraction of sp³-hybridized carbons (Fsp3) is 0.286. The highest BCUT2D eigenvalue weighted by Gasteiger charge is 2.32. The van der Waals surface area contributed by atoms with Gasteiger partial charge in [-0.25, -0.2) is 8.42 Å². The number of ether oxygens (including phenoxy) is 2. The third-order valence-corrected chi connectivity index (χ3v) is 7.17. The minimum atomic E-state index is -3.86. The Labute approximate surface area is 224 Å². The average Bonchev–Trinajstić information content (AvgIpc) is 2.93. The van der Waals surface area contributed by atoms with Crippen LogP contribution >= 0.6 is 0 Å². The van der Waals surface area contributed by atoms with Gasteiger partial charge in [-0.05, 0) is 35.4 Å². The molecule has 10 heteroatoms. The summed E-state index contributed by atoms with van der Waals surface area (Å²) in [5.74, 6) is 0.149. The first-order chi connectivity index (χ1) is 18.2. The Morgan fingerprint density at radius 3 is 2.08 bits per heavy atom. The zero-order valence-corrected chi connectivity index (χ0v) is 22.8. The second kappa shape index (κ2) is 13.0. The maximum Gasteiger partial charge on any atom is 0.244 e. The van der Waals surface area contributed by atoms with Crippen LogP contribution in [0.1, 0.15) is 11.1 Å². The molecule has 0 heterocycles. The second-order valence-electron chi connectivity index (χ2n) is 8.66. The number of anilines is 1. The Bertz CT molecular complexity index is 1350. The molecule has 1 unspecified atom stereocenters. The number of carbonyl (C=O) groups excluding carboxylic acids is 2. The van der Waals surface area contributed by atoms with Gasteiger partial charge in [0.25, 0.3) is 0 Å². The van der Waals surface area contributed by atoms with E-state index >= 15 is 0 Å². The number of sulfonamides is 1. The zero-order valence-electron chi connectivity index (χ0n) is 22.0. The van der Waals surface area contributed by atoms with Gasteiger partial charge >= 0.3 is 0 Å². The van der Waals surface area contributed by atoms with Gasteiger partial charge in [0, 0.05) is 26.1 Å². The van der Waals surface area contributed by atoms with E-state index in [-0.39, 0.29) is 24.6 Å². The molecule has 0 saturated carbocycles. The fourth-order valence-corrected chi connectivity index (χ4v) is 4.91. The minimum Gasteiger partial charge on any atom is -0.497 e. The van der Waals surface area contributed by atoms with E-state index < -0.39 is 28.5 Å². The molecule has 202 valence electrons. The van der Waals surface area contributed by atoms with E-state index in [1.54, 1.807) is 49.6 Å². The number of nitrogens with one attached hydrogen (secondary N) is 1. The van der Waals surface area contributed by atoms with Crippen molar-refractivity contribution in [1.82, 2.24) is 10.2 Å². The van der Waals surface area contributed by atoms with Gasteiger partial charge in [-0.3, -0.25) is 13.9 Å². The number of carbonyl (C=O) groups is 2. The molecule has 0 aliphatic heterocycles. The summed E-state index contributed by atoms with van der Waals surface area (Å²) in [7, 11) is 0.671. The summed E-state index contributed by atoms with van der Waals surface area (Å²) in [4.78, 5) is 28.5. The maximum atomic E-state index is 13.9. The van der Waals surface area contributed by atoms with Crippen LogP contribution in [0.25, 0.3) is 0 Å². The summed E-state index contributed by atoms with van der Waals surface area (Å²) >= 11 is 0. The van der Waals surface area contributed by atoms with E-state index in [4.69, 9.17) is 9.47 Å². The number of hydrogen-bond donors (Lipinski definition) is 1. The topological polar surface area (TPSA) is 105 Å². The van der Waals surface area contributed by atoms with Crippen molar-refractivity contribution in [3.63, 3.8) is 0 Å². The average molecular weight is 540 g/mol. The predicted molar refractivity (Wildman–Crippen MR) is 147 cm³/mol. The molecule has 0 aliphatic carbocycles. The molecular weight excluding hydrogens is 506 g/mol. The van der Waals surface area contributed by atoms with Crippen molar-refractivity contribution in [3.05, 3.63) is 90.0 Å². The summed E-state index contributed by atoms with van der Waals surface area (Å²) in [6, 6.07) is 22.1. The summed E-state index contributed by atoms with van der Waals surface area (Å²) in [6.45, 7) is -0.436. The quantitative estimate of drug-likeness (QED) is 0.380. The fourth-order valence-electron chi connectivity index (χ4n) is 4.07. The van der Waals surface area contributed by atoms with E-state index in [1.807, 2.05) is 36.4 Å². The van der Waals surface area contributed by atoms with Crippen LogP contribution in [0.2, 0.25) is 0 Å². The molecule has 3 aromatic carbocycles. The van der Waals surface area contributed by atoms with E-state index in [1.165, 1.54) is 19.1 Å². The number of benzene rings is 3. The van der Waals surface area contributed by atoms with Gasteiger partial charge in [0.05, 0.1) is 26.2 Å². The largest absolute Gasteiger partial charge is 0.497 e. The lowest BCUT2D eigenvalue weighted by molar-refractivity contribution is -0.139. The third kappa shape index (κ3) is 7.48. The number of hydrogen-bond acceptors (Lipinski definition) is 6. The Morgan fingerprint density at radius 2 is 1.47 bits per heavy atom. The van der Waals surface area contributed by atoms with Crippen molar-refractivity contribution in [2.75, 3.05) is 38.4 Å². The summed E-state index contributed by atoms with van der Waals surface area (Å²) < 4.78 is 37.2. The van der Waals surface area contributed by atoms with Gasteiger partial charge in [0.15, 0.2) is 0 Å². The Morgan fingerprint density at radius 1 is 0.868 bits per heavy atom. The molecule has 1 atom stereocenters. The van der Waals surface area contributed by atoms with Gasteiger partial charge in [-0.1, -0.05) is 48.5 Å². The lowest BCUT2D eigenvalue weighted by Gasteiger charge is -2.33. The molecule has 0 bridgehead atoms. The molecule has 9 nitrogen and oxygen atoms in total. The summed E-state index contributed by atoms with van der Waals surface area (Å²) in [5, 5.41) is 2.65. The molecule has 0 spiro atoms. The van der Waals surface area contributed by atoms with E-state index in [0.717, 1.165) is 21.7 Å². The van der Waals surface area contributed by atoms with E-state index in [9.17, 15) is 18.0 Å². The maximum absolute atomic E-state index is 13.9. The van der Waals surface area contributed by atoms with Crippen LogP contribution < -0.4 is 19.1 Å². The SMILES string of the molecule is CNC(=O)C(Cc1ccccc1)N(Cc1cccc(OC)c1)C(=O)CN(c1cccc(OC)c1)S(C)(=O)=O. The minimum absolute atomic E-state index is 0.0661. The Kier molecular flexibility index (Phi) is 9.72. The normalized spacial score (nSPS) is 11.8. The first-order valence-corrected chi connectivity index (χ1v) is 13.8. The van der Waals surface area contributed by atoms with E-state index in [2.05, 4.69) is 5.32 Å². The lowest BCUT2D eigenvalue weighted by Crippen LogP contribution is -2.52. The molecule has 1 N–H and O–H groups in total. The first kappa shape index (κ1) is 28.5. The second-order valence-corrected chi connectivity index (χ2v) is 10.6. The Hall–Kier alpha value is -4.05. The Balaban J connectivity index is 2.04. The van der Waals surface area contributed by atoms with Crippen LogP contribution in [0, 0.1) is 0 Å². The number of rotatable bonds is 12. The van der Waals surface area contributed by atoms with Crippen molar-refractivity contribution < 1.29 is 27.5 Å². The molecule has 0 saturated heterocycles. The van der Waals surface area contributed by atoms with Crippen molar-refractivity contribution >= 4 is 27.5 Å². The van der Waals surface area contributed by atoms with Gasteiger partial charge in [-0.15, -0.1) is 0 Å². The molecular formula is C28H33N3O6S. The molecule has 0 aromatic heterocycles. The van der Waals surface area contributed by atoms with Crippen molar-refractivity contribution in [2.45, 2.75) is 19.0 Å². The summed E-state index contributed by atoms with van der Waals surface area (Å²) in [6.07, 6.45) is 1.28. The van der Waals surface area contributed by atoms with Gasteiger partial charge in [-0.2, -0.15) is 0 Å². The van der Waals surface area contributed by atoms with Crippen molar-refractivity contribution in [2.24, 2.45) is 0 Å². The van der Waals surface area contributed by atoms with Gasteiger partial charge in [0.2, 0.25) is 21.8 Å². The monoisotopic (exact) mass is 539 g/mol. The van der Waals surface area contributed by atoms with Crippen LogP contribution in [-0.2, 0) is 32.6 Å².